The third kappa shape index (κ3) is 4.70. The van der Waals surface area contributed by atoms with Crippen LogP contribution in [0.3, 0.4) is 0 Å². The number of aryl methyl sites for hydroxylation is 1. The van der Waals surface area contributed by atoms with E-state index in [0.29, 0.717) is 23.1 Å². The van der Waals surface area contributed by atoms with E-state index in [1.54, 1.807) is 12.3 Å². The summed E-state index contributed by atoms with van der Waals surface area (Å²) in [6.07, 6.45) is 4.25. The fourth-order valence-corrected chi connectivity index (χ4v) is 4.77. The summed E-state index contributed by atoms with van der Waals surface area (Å²) in [5.41, 5.74) is 1.30. The lowest BCUT2D eigenvalue weighted by Gasteiger charge is -2.09. The van der Waals surface area contributed by atoms with Gasteiger partial charge in [-0.15, -0.1) is 0 Å². The second kappa shape index (κ2) is 8.99. The molecule has 8 heteroatoms. The largest absolute Gasteiger partial charge is 0.506 e. The highest BCUT2D eigenvalue weighted by Crippen LogP contribution is 2.26. The predicted molar refractivity (Wildman–Crippen MR) is 129 cm³/mol. The minimum absolute atomic E-state index is 0.188. The van der Waals surface area contributed by atoms with E-state index in [0.717, 1.165) is 30.0 Å². The van der Waals surface area contributed by atoms with Crippen molar-refractivity contribution in [2.24, 2.45) is 5.10 Å². The summed E-state index contributed by atoms with van der Waals surface area (Å²) < 4.78 is 3.69. The maximum absolute atomic E-state index is 13.0. The summed E-state index contributed by atoms with van der Waals surface area (Å²) in [6.45, 7) is 2.10. The van der Waals surface area contributed by atoms with E-state index in [2.05, 4.69) is 78.1 Å². The molecule has 0 amide bonds. The van der Waals surface area contributed by atoms with Crippen LogP contribution in [-0.2, 0) is 6.42 Å². The normalized spacial score (nSPS) is 11.6. The van der Waals surface area contributed by atoms with Crippen molar-refractivity contribution >= 4 is 78.2 Å². The molecule has 27 heavy (non-hydrogen) atoms. The van der Waals surface area contributed by atoms with Gasteiger partial charge in [-0.3, -0.25) is 4.79 Å². The van der Waals surface area contributed by atoms with Crippen LogP contribution in [0.1, 0.15) is 31.2 Å². The smallest absolute Gasteiger partial charge is 0.282 e. The molecule has 140 valence electrons. The topological polar surface area (TPSA) is 67.5 Å². The quantitative estimate of drug-likeness (QED) is 0.301. The van der Waals surface area contributed by atoms with Crippen LogP contribution in [-0.4, -0.2) is 21.0 Å². The maximum Gasteiger partial charge on any atom is 0.282 e. The summed E-state index contributed by atoms with van der Waals surface area (Å²) in [6, 6.07) is 9.14. The van der Waals surface area contributed by atoms with E-state index in [9.17, 15) is 9.90 Å². The number of unbranched alkanes of at least 4 members (excludes halogenated alkanes) is 1. The second-order valence-corrected chi connectivity index (χ2v) is 9.23. The number of aromatic nitrogens is 2. The van der Waals surface area contributed by atoms with Gasteiger partial charge in [0.1, 0.15) is 11.6 Å². The Hall–Kier alpha value is -1.01. The van der Waals surface area contributed by atoms with Crippen molar-refractivity contribution in [2.75, 3.05) is 0 Å². The van der Waals surface area contributed by atoms with Gasteiger partial charge < -0.3 is 5.11 Å². The Labute approximate surface area is 192 Å². The molecule has 1 N–H and O–H groups in total. The van der Waals surface area contributed by atoms with Crippen molar-refractivity contribution in [2.45, 2.75) is 26.2 Å². The molecule has 1 heterocycles. The van der Waals surface area contributed by atoms with Crippen LogP contribution in [0.15, 0.2) is 44.7 Å². The van der Waals surface area contributed by atoms with E-state index in [1.807, 2.05) is 24.3 Å². The number of rotatable bonds is 5. The van der Waals surface area contributed by atoms with Crippen molar-refractivity contribution in [1.82, 2.24) is 9.66 Å². The van der Waals surface area contributed by atoms with Crippen molar-refractivity contribution < 1.29 is 5.11 Å². The molecule has 0 unspecified atom stereocenters. The van der Waals surface area contributed by atoms with Crippen LogP contribution in [0.4, 0.5) is 0 Å². The summed E-state index contributed by atoms with van der Waals surface area (Å²) in [5.74, 6) is 0.905. The Morgan fingerprint density at radius 3 is 2.63 bits per heavy atom. The lowest BCUT2D eigenvalue weighted by atomic mass is 10.2. The van der Waals surface area contributed by atoms with E-state index in [1.165, 1.54) is 4.68 Å². The number of fused-ring (bicyclic) bond motifs is 1. The van der Waals surface area contributed by atoms with E-state index >= 15 is 0 Å². The number of phenols is 1. The van der Waals surface area contributed by atoms with Crippen LogP contribution in [0.5, 0.6) is 5.75 Å². The van der Waals surface area contributed by atoms with Gasteiger partial charge in [0.15, 0.2) is 0 Å². The monoisotopic (exact) mass is 651 g/mol. The molecule has 0 saturated carbocycles. The zero-order valence-corrected chi connectivity index (χ0v) is 20.3. The molecule has 0 spiro atoms. The van der Waals surface area contributed by atoms with Crippen LogP contribution in [0.2, 0.25) is 0 Å². The standard InChI is InChI=1S/C19H16BrI2N3O2/c1-2-3-4-17-24-16-6-5-12(20)9-13(16)19(27)25(17)23-10-11-7-14(21)18(26)15(22)8-11/h5-10,26H,2-4H2,1H3. The molecular weight excluding hydrogens is 636 g/mol. The number of aromatic hydroxyl groups is 1. The maximum atomic E-state index is 13.0. The first-order valence-electron chi connectivity index (χ1n) is 8.34. The van der Waals surface area contributed by atoms with Gasteiger partial charge in [0.25, 0.3) is 5.56 Å². The van der Waals surface area contributed by atoms with Gasteiger partial charge >= 0.3 is 0 Å². The summed E-state index contributed by atoms with van der Waals surface area (Å²) in [5, 5.41) is 14.9. The van der Waals surface area contributed by atoms with Crippen LogP contribution < -0.4 is 5.56 Å². The molecule has 2 aromatic carbocycles. The summed E-state index contributed by atoms with van der Waals surface area (Å²) >= 11 is 7.56. The van der Waals surface area contributed by atoms with Crippen LogP contribution >= 0.6 is 61.1 Å². The third-order valence-electron chi connectivity index (χ3n) is 3.99. The minimum Gasteiger partial charge on any atom is -0.506 e. The number of phenolic OH excluding ortho intramolecular Hbond substituents is 1. The fraction of sp³-hybridized carbons (Fsp3) is 0.211. The average Bonchev–Trinajstić information content (AvgIpc) is 2.64. The summed E-state index contributed by atoms with van der Waals surface area (Å²) in [4.78, 5) is 17.7. The van der Waals surface area contributed by atoms with Gasteiger partial charge in [-0.2, -0.15) is 9.78 Å². The highest BCUT2D eigenvalue weighted by Gasteiger charge is 2.11. The van der Waals surface area contributed by atoms with Crippen LogP contribution in [0, 0.1) is 7.14 Å². The highest BCUT2D eigenvalue weighted by molar-refractivity contribution is 14.1. The molecule has 0 bridgehead atoms. The van der Waals surface area contributed by atoms with Gasteiger partial charge in [-0.05, 0) is 87.5 Å². The number of nitrogens with zero attached hydrogens (tertiary/aromatic N) is 3. The lowest BCUT2D eigenvalue weighted by molar-refractivity contribution is 0.467. The Bertz CT molecular complexity index is 1070. The van der Waals surface area contributed by atoms with E-state index in [-0.39, 0.29) is 11.3 Å². The number of hydrogen-bond acceptors (Lipinski definition) is 4. The van der Waals surface area contributed by atoms with Crippen molar-refractivity contribution in [3.05, 3.63) is 63.7 Å². The molecule has 0 fully saturated rings. The molecule has 0 aliphatic heterocycles. The van der Waals surface area contributed by atoms with Crippen molar-refractivity contribution in [1.29, 1.82) is 0 Å². The van der Waals surface area contributed by atoms with Gasteiger partial charge in [0, 0.05) is 10.9 Å². The molecule has 0 aliphatic rings. The molecule has 0 atom stereocenters. The first kappa shape index (κ1) is 20.7. The Balaban J connectivity index is 2.13. The average molecular weight is 652 g/mol. The Kier molecular flexibility index (Phi) is 6.90. The van der Waals surface area contributed by atoms with Crippen molar-refractivity contribution in [3.63, 3.8) is 0 Å². The molecule has 5 nitrogen and oxygen atoms in total. The molecule has 3 aromatic rings. The molecule has 3 rings (SSSR count). The first-order chi connectivity index (χ1) is 12.9. The molecule has 0 radical (unpaired) electrons. The Morgan fingerprint density at radius 1 is 1.26 bits per heavy atom. The fourth-order valence-electron chi connectivity index (χ4n) is 2.59. The van der Waals surface area contributed by atoms with E-state index in [4.69, 9.17) is 0 Å². The van der Waals surface area contributed by atoms with Gasteiger partial charge in [0.05, 0.1) is 24.3 Å². The minimum atomic E-state index is -0.188. The second-order valence-electron chi connectivity index (χ2n) is 5.99. The predicted octanol–water partition coefficient (Wildman–Crippen LogP) is 5.30. The van der Waals surface area contributed by atoms with Crippen LogP contribution in [0.25, 0.3) is 10.9 Å². The zero-order valence-electron chi connectivity index (χ0n) is 14.4. The summed E-state index contributed by atoms with van der Waals surface area (Å²) in [7, 11) is 0. The number of hydrogen-bond donors (Lipinski definition) is 1. The van der Waals surface area contributed by atoms with Gasteiger partial charge in [-0.25, -0.2) is 4.98 Å². The first-order valence-corrected chi connectivity index (χ1v) is 11.3. The third-order valence-corrected chi connectivity index (χ3v) is 6.13. The van der Waals surface area contributed by atoms with Crippen molar-refractivity contribution in [3.8, 4) is 5.75 Å². The highest BCUT2D eigenvalue weighted by atomic mass is 127. The Morgan fingerprint density at radius 2 is 1.96 bits per heavy atom. The van der Waals surface area contributed by atoms with Gasteiger partial charge in [0.2, 0.25) is 0 Å². The molecular formula is C19H16BrI2N3O2. The van der Waals surface area contributed by atoms with Gasteiger partial charge in [-0.1, -0.05) is 29.3 Å². The SMILES string of the molecule is CCCCc1nc2ccc(Br)cc2c(=O)n1N=Cc1cc(I)c(O)c(I)c1. The molecule has 1 aromatic heterocycles. The zero-order chi connectivity index (χ0) is 19.6. The van der Waals surface area contributed by atoms with E-state index < -0.39 is 0 Å². The number of halogens is 3. The molecule has 0 aliphatic carbocycles. The molecule has 0 saturated heterocycles. The number of benzene rings is 2. The lowest BCUT2D eigenvalue weighted by Crippen LogP contribution is -2.22.